The summed E-state index contributed by atoms with van der Waals surface area (Å²) in [5.74, 6) is 0.243. The van der Waals surface area contributed by atoms with E-state index in [1.807, 2.05) is 31.2 Å². The quantitative estimate of drug-likeness (QED) is 0.911. The molecule has 0 aliphatic heterocycles. The van der Waals surface area contributed by atoms with E-state index in [-0.39, 0.29) is 11.9 Å². The van der Waals surface area contributed by atoms with E-state index in [2.05, 4.69) is 0 Å². The summed E-state index contributed by atoms with van der Waals surface area (Å²) in [4.78, 5) is 0. The zero-order valence-electron chi connectivity index (χ0n) is 11.2. The van der Waals surface area contributed by atoms with Crippen molar-refractivity contribution in [2.45, 2.75) is 19.9 Å². The Bertz CT molecular complexity index is 568. The molecule has 0 amide bonds. The van der Waals surface area contributed by atoms with E-state index < -0.39 is 0 Å². The molecule has 0 saturated carbocycles. The Morgan fingerprint density at radius 3 is 2.63 bits per heavy atom. The van der Waals surface area contributed by atoms with Gasteiger partial charge in [0.2, 0.25) is 0 Å². The van der Waals surface area contributed by atoms with Gasteiger partial charge in [0.1, 0.15) is 18.2 Å². The molecule has 0 spiro atoms. The van der Waals surface area contributed by atoms with Crippen molar-refractivity contribution in [3.05, 3.63) is 65.0 Å². The molecule has 3 heteroatoms. The van der Waals surface area contributed by atoms with Crippen LogP contribution >= 0.6 is 0 Å². The lowest BCUT2D eigenvalue weighted by molar-refractivity contribution is 0.289. The smallest absolute Gasteiger partial charge is 0.129 e. The van der Waals surface area contributed by atoms with Crippen molar-refractivity contribution in [3.63, 3.8) is 0 Å². The number of rotatable bonds is 4. The Kier molecular flexibility index (Phi) is 4.17. The fourth-order valence-corrected chi connectivity index (χ4v) is 1.85. The number of hydrogen-bond acceptors (Lipinski definition) is 2. The zero-order valence-corrected chi connectivity index (χ0v) is 11.2. The summed E-state index contributed by atoms with van der Waals surface area (Å²) in [5, 5.41) is 0. The van der Waals surface area contributed by atoms with Crippen LogP contribution in [0.3, 0.4) is 0 Å². The Morgan fingerprint density at radius 2 is 1.95 bits per heavy atom. The Hall–Kier alpha value is -1.87. The standard InChI is InChI=1S/C16H18FNO/c1-11-4-3-5-13(8-11)16(18)10-19-14-7-6-12(2)15(17)9-14/h3-9,16H,10,18H2,1-2H3. The monoisotopic (exact) mass is 259 g/mol. The molecule has 0 aliphatic carbocycles. The molecule has 100 valence electrons. The summed E-state index contributed by atoms with van der Waals surface area (Å²) >= 11 is 0. The fraction of sp³-hybridized carbons (Fsp3) is 0.250. The van der Waals surface area contributed by atoms with Crippen LogP contribution in [0.25, 0.3) is 0 Å². The first-order chi connectivity index (χ1) is 9.06. The van der Waals surface area contributed by atoms with E-state index >= 15 is 0 Å². The summed E-state index contributed by atoms with van der Waals surface area (Å²) in [6.07, 6.45) is 0. The van der Waals surface area contributed by atoms with Crippen LogP contribution in [-0.2, 0) is 0 Å². The molecule has 2 N–H and O–H groups in total. The minimum Gasteiger partial charge on any atom is -0.492 e. The highest BCUT2D eigenvalue weighted by atomic mass is 19.1. The van der Waals surface area contributed by atoms with Crippen LogP contribution in [0.2, 0.25) is 0 Å². The van der Waals surface area contributed by atoms with Crippen LogP contribution in [0.15, 0.2) is 42.5 Å². The van der Waals surface area contributed by atoms with E-state index in [4.69, 9.17) is 10.5 Å². The zero-order chi connectivity index (χ0) is 13.8. The minimum absolute atomic E-state index is 0.218. The molecule has 0 saturated heterocycles. The molecule has 0 bridgehead atoms. The Morgan fingerprint density at radius 1 is 1.16 bits per heavy atom. The Balaban J connectivity index is 2.00. The average molecular weight is 259 g/mol. The lowest BCUT2D eigenvalue weighted by Gasteiger charge is -2.14. The molecule has 2 rings (SSSR count). The maximum absolute atomic E-state index is 13.4. The number of halogens is 1. The minimum atomic E-state index is -0.262. The molecule has 0 heterocycles. The van der Waals surface area contributed by atoms with Gasteiger partial charge in [0.15, 0.2) is 0 Å². The number of benzene rings is 2. The third-order valence-electron chi connectivity index (χ3n) is 3.04. The number of aryl methyl sites for hydroxylation is 2. The molecule has 0 aliphatic rings. The van der Waals surface area contributed by atoms with E-state index in [1.54, 1.807) is 19.1 Å². The highest BCUT2D eigenvalue weighted by molar-refractivity contribution is 5.29. The molecule has 0 fully saturated rings. The van der Waals surface area contributed by atoms with Gasteiger partial charge < -0.3 is 10.5 Å². The first kappa shape index (κ1) is 13.6. The number of ether oxygens (including phenoxy) is 1. The maximum Gasteiger partial charge on any atom is 0.129 e. The second kappa shape index (κ2) is 5.85. The van der Waals surface area contributed by atoms with Crippen molar-refractivity contribution in [2.24, 2.45) is 5.73 Å². The van der Waals surface area contributed by atoms with Gasteiger partial charge in [-0.1, -0.05) is 35.9 Å². The first-order valence-electron chi connectivity index (χ1n) is 6.27. The molecule has 1 unspecified atom stereocenters. The predicted octanol–water partition coefficient (Wildman–Crippen LogP) is 3.52. The van der Waals surface area contributed by atoms with Gasteiger partial charge in [0.05, 0.1) is 6.04 Å². The van der Waals surface area contributed by atoms with Gasteiger partial charge in [0, 0.05) is 6.07 Å². The second-order valence-corrected chi connectivity index (χ2v) is 4.74. The SMILES string of the molecule is Cc1cccc(C(N)COc2ccc(C)c(F)c2)c1. The molecular weight excluding hydrogens is 241 g/mol. The number of hydrogen-bond donors (Lipinski definition) is 1. The predicted molar refractivity (Wildman–Crippen MR) is 74.7 cm³/mol. The topological polar surface area (TPSA) is 35.2 Å². The lowest BCUT2D eigenvalue weighted by Crippen LogP contribution is -2.19. The summed E-state index contributed by atoms with van der Waals surface area (Å²) in [6.45, 7) is 4.07. The van der Waals surface area contributed by atoms with Crippen LogP contribution in [0.5, 0.6) is 5.75 Å². The molecule has 1 atom stereocenters. The van der Waals surface area contributed by atoms with Crippen molar-refractivity contribution in [2.75, 3.05) is 6.61 Å². The molecule has 0 aromatic heterocycles. The van der Waals surface area contributed by atoms with E-state index in [0.717, 1.165) is 11.1 Å². The highest BCUT2D eigenvalue weighted by Gasteiger charge is 2.08. The summed E-state index contributed by atoms with van der Waals surface area (Å²) < 4.78 is 18.9. The van der Waals surface area contributed by atoms with Gasteiger partial charge in [-0.05, 0) is 31.0 Å². The van der Waals surface area contributed by atoms with Crippen LogP contribution < -0.4 is 10.5 Å². The molecule has 2 aromatic carbocycles. The molecular formula is C16H18FNO. The lowest BCUT2D eigenvalue weighted by atomic mass is 10.1. The van der Waals surface area contributed by atoms with E-state index in [0.29, 0.717) is 17.9 Å². The first-order valence-corrected chi connectivity index (χ1v) is 6.27. The summed E-state index contributed by atoms with van der Waals surface area (Å²) in [5.41, 5.74) is 8.85. The highest BCUT2D eigenvalue weighted by Crippen LogP contribution is 2.18. The third-order valence-corrected chi connectivity index (χ3v) is 3.04. The van der Waals surface area contributed by atoms with Gasteiger partial charge in [-0.2, -0.15) is 0 Å². The van der Waals surface area contributed by atoms with Crippen molar-refractivity contribution in [1.29, 1.82) is 0 Å². The maximum atomic E-state index is 13.4. The van der Waals surface area contributed by atoms with Gasteiger partial charge >= 0.3 is 0 Å². The van der Waals surface area contributed by atoms with Gasteiger partial charge in [-0.3, -0.25) is 0 Å². The van der Waals surface area contributed by atoms with Crippen molar-refractivity contribution < 1.29 is 9.13 Å². The summed E-state index contributed by atoms with van der Waals surface area (Å²) in [6, 6.07) is 12.6. The van der Waals surface area contributed by atoms with Crippen molar-refractivity contribution >= 4 is 0 Å². The molecule has 0 radical (unpaired) electrons. The molecule has 19 heavy (non-hydrogen) atoms. The van der Waals surface area contributed by atoms with Gasteiger partial charge in [0.25, 0.3) is 0 Å². The van der Waals surface area contributed by atoms with E-state index in [9.17, 15) is 4.39 Å². The average Bonchev–Trinajstić information content (AvgIpc) is 2.40. The van der Waals surface area contributed by atoms with Crippen LogP contribution in [-0.4, -0.2) is 6.61 Å². The molecule has 2 aromatic rings. The molecule has 2 nitrogen and oxygen atoms in total. The fourth-order valence-electron chi connectivity index (χ4n) is 1.85. The van der Waals surface area contributed by atoms with Crippen molar-refractivity contribution in [1.82, 2.24) is 0 Å². The van der Waals surface area contributed by atoms with Crippen molar-refractivity contribution in [3.8, 4) is 5.75 Å². The normalized spacial score (nSPS) is 12.2. The van der Waals surface area contributed by atoms with Gasteiger partial charge in [-0.15, -0.1) is 0 Å². The largest absolute Gasteiger partial charge is 0.492 e. The second-order valence-electron chi connectivity index (χ2n) is 4.74. The third kappa shape index (κ3) is 3.55. The van der Waals surface area contributed by atoms with E-state index in [1.165, 1.54) is 6.07 Å². The van der Waals surface area contributed by atoms with Gasteiger partial charge in [-0.25, -0.2) is 4.39 Å². The van der Waals surface area contributed by atoms with Crippen LogP contribution in [0, 0.1) is 19.7 Å². The number of nitrogens with two attached hydrogens (primary N) is 1. The van der Waals surface area contributed by atoms with Crippen LogP contribution in [0.4, 0.5) is 4.39 Å². The Labute approximate surface area is 113 Å². The van der Waals surface area contributed by atoms with Crippen LogP contribution in [0.1, 0.15) is 22.7 Å². The summed E-state index contributed by atoms with van der Waals surface area (Å²) in [7, 11) is 0.